The van der Waals surface area contributed by atoms with Crippen LogP contribution in [0.4, 0.5) is 5.69 Å². The molecule has 1 aliphatic heterocycles. The summed E-state index contributed by atoms with van der Waals surface area (Å²) < 4.78 is 16.3. The van der Waals surface area contributed by atoms with Gasteiger partial charge in [0.05, 0.1) is 31.8 Å². The summed E-state index contributed by atoms with van der Waals surface area (Å²) in [5, 5.41) is 11.0. The van der Waals surface area contributed by atoms with Gasteiger partial charge in [0.15, 0.2) is 11.5 Å². The largest absolute Gasteiger partial charge is 0.496 e. The molecule has 8 nitrogen and oxygen atoms in total. The third-order valence-electron chi connectivity index (χ3n) is 5.47. The van der Waals surface area contributed by atoms with Crippen molar-refractivity contribution in [1.29, 1.82) is 0 Å². The molecule has 3 rings (SSSR count). The maximum Gasteiger partial charge on any atom is 0.269 e. The molecular formula is C21H29N3O5+2. The van der Waals surface area contributed by atoms with E-state index in [1.807, 2.05) is 18.2 Å². The lowest BCUT2D eigenvalue weighted by Crippen LogP contribution is -3.27. The van der Waals surface area contributed by atoms with Gasteiger partial charge < -0.3 is 24.0 Å². The quantitative estimate of drug-likeness (QED) is 0.483. The number of methoxy groups -OCH3 is 3. The third-order valence-corrected chi connectivity index (χ3v) is 5.47. The number of ether oxygens (including phenoxy) is 3. The predicted molar refractivity (Wildman–Crippen MR) is 108 cm³/mol. The predicted octanol–water partition coefficient (Wildman–Crippen LogP) is 0.104. The van der Waals surface area contributed by atoms with Crippen molar-refractivity contribution in [2.75, 3.05) is 47.5 Å². The number of nitro groups is 1. The number of nitrogens with zero attached hydrogens (tertiary/aromatic N) is 1. The highest BCUT2D eigenvalue weighted by atomic mass is 16.6. The summed E-state index contributed by atoms with van der Waals surface area (Å²) in [5.74, 6) is 2.17. The maximum atomic E-state index is 11.0. The summed E-state index contributed by atoms with van der Waals surface area (Å²) in [4.78, 5) is 13.6. The molecule has 0 aliphatic carbocycles. The lowest BCUT2D eigenvalue weighted by Gasteiger charge is -2.30. The molecule has 0 radical (unpaired) electrons. The Hall–Kier alpha value is -2.84. The van der Waals surface area contributed by atoms with E-state index in [1.54, 1.807) is 33.5 Å². The van der Waals surface area contributed by atoms with Crippen molar-refractivity contribution in [3.05, 3.63) is 57.6 Å². The molecular weight excluding hydrogens is 374 g/mol. The molecule has 0 saturated carbocycles. The summed E-state index contributed by atoms with van der Waals surface area (Å²) in [5.41, 5.74) is 2.27. The molecule has 0 aromatic heterocycles. The van der Waals surface area contributed by atoms with Gasteiger partial charge in [-0.2, -0.15) is 0 Å². The minimum atomic E-state index is -0.336. The maximum absolute atomic E-state index is 11.0. The molecule has 0 spiro atoms. The van der Waals surface area contributed by atoms with Crippen molar-refractivity contribution >= 4 is 5.69 Å². The van der Waals surface area contributed by atoms with E-state index in [4.69, 9.17) is 14.2 Å². The highest BCUT2D eigenvalue weighted by molar-refractivity contribution is 5.50. The van der Waals surface area contributed by atoms with Crippen molar-refractivity contribution in [2.24, 2.45) is 0 Å². The van der Waals surface area contributed by atoms with Crippen molar-refractivity contribution in [3.8, 4) is 17.2 Å². The smallest absolute Gasteiger partial charge is 0.269 e. The first-order valence-corrected chi connectivity index (χ1v) is 9.73. The average molecular weight is 403 g/mol. The van der Waals surface area contributed by atoms with Gasteiger partial charge in [0.25, 0.3) is 5.69 Å². The fourth-order valence-electron chi connectivity index (χ4n) is 3.88. The van der Waals surface area contributed by atoms with E-state index in [0.29, 0.717) is 11.5 Å². The number of piperazine rings is 1. The van der Waals surface area contributed by atoms with Gasteiger partial charge in [0.2, 0.25) is 0 Å². The molecule has 29 heavy (non-hydrogen) atoms. The van der Waals surface area contributed by atoms with E-state index in [9.17, 15) is 10.1 Å². The molecule has 2 aromatic rings. The minimum absolute atomic E-state index is 0.159. The molecule has 156 valence electrons. The lowest BCUT2D eigenvalue weighted by molar-refractivity contribution is -1.02. The fourth-order valence-corrected chi connectivity index (χ4v) is 3.88. The van der Waals surface area contributed by atoms with Crippen LogP contribution in [0.15, 0.2) is 36.4 Å². The van der Waals surface area contributed by atoms with E-state index in [-0.39, 0.29) is 10.6 Å². The molecule has 0 unspecified atom stereocenters. The van der Waals surface area contributed by atoms with Crippen molar-refractivity contribution < 1.29 is 28.9 Å². The molecule has 0 atom stereocenters. The monoisotopic (exact) mass is 403 g/mol. The highest BCUT2D eigenvalue weighted by Gasteiger charge is 2.25. The first-order chi connectivity index (χ1) is 14.0. The van der Waals surface area contributed by atoms with E-state index in [1.165, 1.54) is 15.9 Å². The highest BCUT2D eigenvalue weighted by Crippen LogP contribution is 2.34. The number of rotatable bonds is 8. The fraction of sp³-hybridized carbons (Fsp3) is 0.429. The molecule has 1 saturated heterocycles. The average Bonchev–Trinajstić information content (AvgIpc) is 2.75. The summed E-state index contributed by atoms with van der Waals surface area (Å²) in [6.07, 6.45) is 0. The van der Waals surface area contributed by atoms with Crippen LogP contribution >= 0.6 is 0 Å². The number of quaternary nitrogens is 2. The Balaban J connectivity index is 1.60. The number of nitro benzene ring substituents is 1. The lowest BCUT2D eigenvalue weighted by atomic mass is 10.1. The Morgan fingerprint density at radius 1 is 0.862 bits per heavy atom. The topological polar surface area (TPSA) is 79.7 Å². The SMILES string of the molecule is COc1cc(OC)c(OC)cc1C[NH+]1CC[NH+](Cc2cccc([N+](=O)[O-])c2)CC1. The van der Waals surface area contributed by atoms with Crippen molar-refractivity contribution in [2.45, 2.75) is 13.1 Å². The molecule has 1 heterocycles. The van der Waals surface area contributed by atoms with E-state index < -0.39 is 0 Å². The second-order valence-electron chi connectivity index (χ2n) is 7.30. The van der Waals surface area contributed by atoms with Crippen LogP contribution in [0, 0.1) is 10.1 Å². The summed E-state index contributed by atoms with van der Waals surface area (Å²) >= 11 is 0. The number of benzene rings is 2. The second-order valence-corrected chi connectivity index (χ2v) is 7.30. The second kappa shape index (κ2) is 9.58. The molecule has 0 amide bonds. The minimum Gasteiger partial charge on any atom is -0.496 e. The number of hydrogen-bond acceptors (Lipinski definition) is 5. The number of non-ortho nitro benzene ring substituents is 1. The van der Waals surface area contributed by atoms with Crippen LogP contribution in [0.25, 0.3) is 0 Å². The van der Waals surface area contributed by atoms with Gasteiger partial charge in [0, 0.05) is 23.8 Å². The van der Waals surface area contributed by atoms with Gasteiger partial charge in [-0.3, -0.25) is 10.1 Å². The Labute approximate surface area is 170 Å². The van der Waals surface area contributed by atoms with Crippen LogP contribution in [0.3, 0.4) is 0 Å². The van der Waals surface area contributed by atoms with E-state index >= 15 is 0 Å². The van der Waals surface area contributed by atoms with E-state index in [0.717, 1.165) is 56.1 Å². The first-order valence-electron chi connectivity index (χ1n) is 9.73. The van der Waals surface area contributed by atoms with Crippen LogP contribution in [-0.2, 0) is 13.1 Å². The summed E-state index contributed by atoms with van der Waals surface area (Å²) in [7, 11) is 4.92. The summed E-state index contributed by atoms with van der Waals surface area (Å²) in [6.45, 7) is 5.77. The Morgan fingerprint density at radius 2 is 1.45 bits per heavy atom. The van der Waals surface area contributed by atoms with Gasteiger partial charge in [-0.25, -0.2) is 0 Å². The van der Waals surface area contributed by atoms with Crippen LogP contribution < -0.4 is 24.0 Å². The zero-order chi connectivity index (χ0) is 20.8. The van der Waals surface area contributed by atoms with Crippen LogP contribution in [-0.4, -0.2) is 52.4 Å². The molecule has 1 fully saturated rings. The zero-order valence-electron chi connectivity index (χ0n) is 17.2. The van der Waals surface area contributed by atoms with Gasteiger partial charge in [-0.1, -0.05) is 12.1 Å². The molecule has 2 N–H and O–H groups in total. The van der Waals surface area contributed by atoms with Gasteiger partial charge >= 0.3 is 0 Å². The Morgan fingerprint density at radius 3 is 2.03 bits per heavy atom. The summed E-state index contributed by atoms with van der Waals surface area (Å²) in [6, 6.07) is 10.8. The van der Waals surface area contributed by atoms with Gasteiger partial charge in [-0.05, 0) is 6.07 Å². The molecule has 8 heteroatoms. The molecule has 1 aliphatic rings. The Bertz CT molecular complexity index is 850. The van der Waals surface area contributed by atoms with Crippen molar-refractivity contribution in [1.82, 2.24) is 0 Å². The van der Waals surface area contributed by atoms with Crippen molar-refractivity contribution in [3.63, 3.8) is 0 Å². The molecule has 2 aromatic carbocycles. The normalized spacial score (nSPS) is 18.9. The van der Waals surface area contributed by atoms with Gasteiger partial charge in [0.1, 0.15) is 45.0 Å². The van der Waals surface area contributed by atoms with Crippen LogP contribution in [0.5, 0.6) is 17.2 Å². The molecule has 0 bridgehead atoms. The van der Waals surface area contributed by atoms with Gasteiger partial charge in [-0.15, -0.1) is 0 Å². The van der Waals surface area contributed by atoms with Crippen LogP contribution in [0.1, 0.15) is 11.1 Å². The number of hydrogen-bond donors (Lipinski definition) is 2. The third kappa shape index (κ3) is 5.16. The van der Waals surface area contributed by atoms with E-state index in [2.05, 4.69) is 0 Å². The number of nitrogens with one attached hydrogen (secondary N) is 2. The Kier molecular flexibility index (Phi) is 6.90. The standard InChI is InChI=1S/C21H27N3O5/c1-27-19-13-21(29-3)20(28-2)12-17(19)15-23-9-7-22(8-10-23)14-16-5-4-6-18(11-16)24(25)26/h4-6,11-13H,7-10,14-15H2,1-3H3/p+2. The van der Waals surface area contributed by atoms with Crippen LogP contribution in [0.2, 0.25) is 0 Å². The first kappa shape index (κ1) is 20.9. The zero-order valence-corrected chi connectivity index (χ0v) is 17.2.